The van der Waals surface area contributed by atoms with E-state index >= 15 is 0 Å². The Labute approximate surface area is 187 Å². The summed E-state index contributed by atoms with van der Waals surface area (Å²) in [5.41, 5.74) is 5.45. The Hall–Kier alpha value is -3.06. The SMILES string of the molecule is C=CCn1c(COc2ccc(C)c(C)c2)nnc1SCC(=O)Nc1cccc(C)c1C. The number of aryl methyl sites for hydroxylation is 3. The molecule has 0 fully saturated rings. The van der Waals surface area contributed by atoms with E-state index in [2.05, 4.69) is 35.9 Å². The van der Waals surface area contributed by atoms with Gasteiger partial charge in [0.15, 0.2) is 11.0 Å². The van der Waals surface area contributed by atoms with Gasteiger partial charge in [-0.2, -0.15) is 0 Å². The number of thioether (sulfide) groups is 1. The molecule has 1 amide bonds. The molecule has 1 N–H and O–H groups in total. The summed E-state index contributed by atoms with van der Waals surface area (Å²) in [6.45, 7) is 12.8. The van der Waals surface area contributed by atoms with E-state index in [1.54, 1.807) is 6.08 Å². The van der Waals surface area contributed by atoms with Crippen LogP contribution in [0.1, 0.15) is 28.1 Å². The molecule has 3 rings (SSSR count). The van der Waals surface area contributed by atoms with Gasteiger partial charge in [0, 0.05) is 12.2 Å². The van der Waals surface area contributed by atoms with Gasteiger partial charge in [0.25, 0.3) is 0 Å². The molecular weight excluding hydrogens is 408 g/mol. The average Bonchev–Trinajstić information content (AvgIpc) is 3.13. The van der Waals surface area contributed by atoms with Crippen molar-refractivity contribution in [1.82, 2.24) is 14.8 Å². The summed E-state index contributed by atoms with van der Waals surface area (Å²) < 4.78 is 7.83. The Morgan fingerprint density at radius 1 is 1.13 bits per heavy atom. The molecule has 3 aromatic rings. The first-order valence-electron chi connectivity index (χ1n) is 10.1. The van der Waals surface area contributed by atoms with E-state index in [9.17, 15) is 4.79 Å². The van der Waals surface area contributed by atoms with Crippen LogP contribution in [0.5, 0.6) is 5.75 Å². The predicted molar refractivity (Wildman–Crippen MR) is 126 cm³/mol. The molecular formula is C24H28N4O2S. The van der Waals surface area contributed by atoms with Crippen LogP contribution in [-0.2, 0) is 17.9 Å². The highest BCUT2D eigenvalue weighted by Crippen LogP contribution is 2.22. The van der Waals surface area contributed by atoms with E-state index in [0.717, 1.165) is 22.6 Å². The molecule has 0 bridgehead atoms. The van der Waals surface area contributed by atoms with Gasteiger partial charge in [0.2, 0.25) is 5.91 Å². The number of nitrogens with zero attached hydrogens (tertiary/aromatic N) is 3. The number of hydrogen-bond donors (Lipinski definition) is 1. The van der Waals surface area contributed by atoms with Crippen LogP contribution in [-0.4, -0.2) is 26.4 Å². The van der Waals surface area contributed by atoms with Gasteiger partial charge in [-0.1, -0.05) is 36.0 Å². The van der Waals surface area contributed by atoms with Crippen molar-refractivity contribution < 1.29 is 9.53 Å². The zero-order chi connectivity index (χ0) is 22.4. The summed E-state index contributed by atoms with van der Waals surface area (Å²) in [5, 5.41) is 12.2. The molecule has 0 aliphatic heterocycles. The minimum Gasteiger partial charge on any atom is -0.486 e. The van der Waals surface area contributed by atoms with Crippen LogP contribution in [0.3, 0.4) is 0 Å². The van der Waals surface area contributed by atoms with Gasteiger partial charge in [-0.15, -0.1) is 16.8 Å². The third-order valence-electron chi connectivity index (χ3n) is 5.16. The van der Waals surface area contributed by atoms with Crippen LogP contribution in [0.4, 0.5) is 5.69 Å². The molecule has 2 aromatic carbocycles. The van der Waals surface area contributed by atoms with Crippen molar-refractivity contribution in [2.75, 3.05) is 11.1 Å². The van der Waals surface area contributed by atoms with E-state index in [1.807, 2.05) is 54.8 Å². The number of hydrogen-bond acceptors (Lipinski definition) is 5. The van der Waals surface area contributed by atoms with Gasteiger partial charge < -0.3 is 10.1 Å². The molecule has 1 aromatic heterocycles. The summed E-state index contributed by atoms with van der Waals surface area (Å²) in [7, 11) is 0. The number of allylic oxidation sites excluding steroid dienone is 1. The molecule has 6 nitrogen and oxygen atoms in total. The van der Waals surface area contributed by atoms with Crippen LogP contribution in [0, 0.1) is 27.7 Å². The Bertz CT molecular complexity index is 1090. The fourth-order valence-corrected chi connectivity index (χ4v) is 3.77. The highest BCUT2D eigenvalue weighted by Gasteiger charge is 2.15. The minimum atomic E-state index is -0.0835. The Balaban J connectivity index is 1.64. The third-order valence-corrected chi connectivity index (χ3v) is 6.13. The molecule has 1 heterocycles. The Morgan fingerprint density at radius 3 is 2.68 bits per heavy atom. The lowest BCUT2D eigenvalue weighted by atomic mass is 10.1. The molecule has 0 atom stereocenters. The number of rotatable bonds is 9. The second kappa shape index (κ2) is 10.3. The van der Waals surface area contributed by atoms with Crippen molar-refractivity contribution in [3.8, 4) is 5.75 Å². The lowest BCUT2D eigenvalue weighted by molar-refractivity contribution is -0.113. The second-order valence-electron chi connectivity index (χ2n) is 7.42. The molecule has 0 aliphatic rings. The van der Waals surface area contributed by atoms with Crippen LogP contribution < -0.4 is 10.1 Å². The number of amides is 1. The molecule has 0 spiro atoms. The van der Waals surface area contributed by atoms with Gasteiger partial charge in [0.1, 0.15) is 12.4 Å². The smallest absolute Gasteiger partial charge is 0.234 e. The van der Waals surface area contributed by atoms with E-state index < -0.39 is 0 Å². The van der Waals surface area contributed by atoms with Crippen molar-refractivity contribution in [2.24, 2.45) is 0 Å². The molecule has 0 unspecified atom stereocenters. The van der Waals surface area contributed by atoms with Crippen molar-refractivity contribution in [3.05, 3.63) is 77.1 Å². The molecule has 31 heavy (non-hydrogen) atoms. The average molecular weight is 437 g/mol. The van der Waals surface area contributed by atoms with Crippen molar-refractivity contribution >= 4 is 23.4 Å². The normalized spacial score (nSPS) is 10.7. The maximum absolute atomic E-state index is 12.5. The van der Waals surface area contributed by atoms with Crippen LogP contribution in [0.15, 0.2) is 54.2 Å². The lowest BCUT2D eigenvalue weighted by Crippen LogP contribution is -2.16. The molecule has 0 saturated heterocycles. The summed E-state index contributed by atoms with van der Waals surface area (Å²) in [4.78, 5) is 12.5. The minimum absolute atomic E-state index is 0.0835. The first kappa shape index (κ1) is 22.6. The van der Waals surface area contributed by atoms with Gasteiger partial charge in [-0.05, 0) is 68.1 Å². The zero-order valence-electron chi connectivity index (χ0n) is 18.4. The monoisotopic (exact) mass is 436 g/mol. The van der Waals surface area contributed by atoms with Gasteiger partial charge in [-0.3, -0.25) is 9.36 Å². The molecule has 7 heteroatoms. The van der Waals surface area contributed by atoms with Gasteiger partial charge in [0.05, 0.1) is 5.75 Å². The number of nitrogens with one attached hydrogen (secondary N) is 1. The molecule has 162 valence electrons. The van der Waals surface area contributed by atoms with Gasteiger partial charge >= 0.3 is 0 Å². The zero-order valence-corrected chi connectivity index (χ0v) is 19.3. The van der Waals surface area contributed by atoms with Crippen molar-refractivity contribution in [2.45, 2.75) is 46.0 Å². The number of benzene rings is 2. The fourth-order valence-electron chi connectivity index (χ4n) is 3.00. The fraction of sp³-hybridized carbons (Fsp3) is 0.292. The van der Waals surface area contributed by atoms with E-state index in [-0.39, 0.29) is 11.7 Å². The third kappa shape index (κ3) is 5.76. The van der Waals surface area contributed by atoms with E-state index in [4.69, 9.17) is 4.74 Å². The first-order valence-corrected chi connectivity index (χ1v) is 11.1. The quantitative estimate of drug-likeness (QED) is 0.377. The number of aromatic nitrogens is 3. The second-order valence-corrected chi connectivity index (χ2v) is 8.36. The number of anilines is 1. The highest BCUT2D eigenvalue weighted by atomic mass is 32.2. The number of carbonyl (C=O) groups is 1. The lowest BCUT2D eigenvalue weighted by Gasteiger charge is -2.11. The van der Waals surface area contributed by atoms with Crippen LogP contribution >= 0.6 is 11.8 Å². The Morgan fingerprint density at radius 2 is 1.94 bits per heavy atom. The van der Waals surface area contributed by atoms with E-state index in [0.29, 0.717) is 24.1 Å². The summed E-state index contributed by atoms with van der Waals surface area (Å²) in [5.74, 6) is 1.63. The molecule has 0 radical (unpaired) electrons. The molecule has 0 aliphatic carbocycles. The number of carbonyl (C=O) groups excluding carboxylic acids is 1. The summed E-state index contributed by atoms with van der Waals surface area (Å²) in [6, 6.07) is 11.9. The summed E-state index contributed by atoms with van der Waals surface area (Å²) >= 11 is 1.35. The predicted octanol–water partition coefficient (Wildman–Crippen LogP) is 5.01. The van der Waals surface area contributed by atoms with Gasteiger partial charge in [-0.25, -0.2) is 0 Å². The Kier molecular flexibility index (Phi) is 7.52. The maximum Gasteiger partial charge on any atom is 0.234 e. The molecule has 0 saturated carbocycles. The van der Waals surface area contributed by atoms with Crippen LogP contribution in [0.25, 0.3) is 0 Å². The van der Waals surface area contributed by atoms with E-state index in [1.165, 1.54) is 22.9 Å². The largest absolute Gasteiger partial charge is 0.486 e. The van der Waals surface area contributed by atoms with Crippen molar-refractivity contribution in [3.63, 3.8) is 0 Å². The number of ether oxygens (including phenoxy) is 1. The van der Waals surface area contributed by atoms with Crippen LogP contribution in [0.2, 0.25) is 0 Å². The summed E-state index contributed by atoms with van der Waals surface area (Å²) in [6.07, 6.45) is 1.78. The highest BCUT2D eigenvalue weighted by molar-refractivity contribution is 7.99. The standard InChI is InChI=1S/C24H28N4O2S/c1-6-12-28-22(14-30-20-11-10-16(2)18(4)13-20)26-27-24(28)31-15-23(29)25-21-9-7-8-17(3)19(21)5/h6-11,13H,1,12,14-15H2,2-5H3,(H,25,29). The maximum atomic E-state index is 12.5. The van der Waals surface area contributed by atoms with Crippen molar-refractivity contribution in [1.29, 1.82) is 0 Å². The topological polar surface area (TPSA) is 69.0 Å². The first-order chi connectivity index (χ1) is 14.9.